The fourth-order valence-electron chi connectivity index (χ4n) is 0.918. The van der Waals surface area contributed by atoms with Gasteiger partial charge in [-0.25, -0.2) is 4.98 Å². The van der Waals surface area contributed by atoms with Crippen LogP contribution in [0, 0.1) is 0 Å². The molecular weight excluding hydrogens is 214 g/mol. The summed E-state index contributed by atoms with van der Waals surface area (Å²) in [7, 11) is 0. The first kappa shape index (κ1) is 12.0. The third-order valence-corrected chi connectivity index (χ3v) is 1.72. The minimum atomic E-state index is -0.999. The summed E-state index contributed by atoms with van der Waals surface area (Å²) in [6, 6.07) is -0.903. The largest absolute Gasteiger partial charge is 0.481 e. The van der Waals surface area contributed by atoms with E-state index in [9.17, 15) is 9.59 Å². The summed E-state index contributed by atoms with van der Waals surface area (Å²) < 4.78 is 0. The maximum atomic E-state index is 11.4. The van der Waals surface area contributed by atoms with E-state index in [4.69, 9.17) is 10.8 Å². The molecule has 0 aliphatic rings. The van der Waals surface area contributed by atoms with Crippen molar-refractivity contribution in [2.45, 2.75) is 18.9 Å². The lowest BCUT2D eigenvalue weighted by molar-refractivity contribution is -0.137. The second kappa shape index (κ2) is 5.71. The topological polar surface area (TPSA) is 131 Å². The SMILES string of the molecule is NC(CCC(=O)O)C(=O)Nc1nccnn1. The van der Waals surface area contributed by atoms with Gasteiger partial charge < -0.3 is 10.8 Å². The number of carboxylic acids is 1. The Morgan fingerprint density at radius 2 is 2.25 bits per heavy atom. The van der Waals surface area contributed by atoms with Gasteiger partial charge in [-0.15, -0.1) is 5.10 Å². The number of anilines is 1. The molecule has 0 saturated carbocycles. The van der Waals surface area contributed by atoms with Crippen LogP contribution in [0.15, 0.2) is 12.4 Å². The van der Waals surface area contributed by atoms with Crippen LogP contribution in [0.3, 0.4) is 0 Å². The van der Waals surface area contributed by atoms with Gasteiger partial charge in [0.1, 0.15) is 0 Å². The molecule has 0 bridgehead atoms. The molecule has 86 valence electrons. The number of amides is 1. The molecule has 0 radical (unpaired) electrons. The van der Waals surface area contributed by atoms with Gasteiger partial charge in [-0.2, -0.15) is 5.10 Å². The lowest BCUT2D eigenvalue weighted by atomic mass is 10.1. The molecule has 1 atom stereocenters. The molecule has 0 fully saturated rings. The van der Waals surface area contributed by atoms with Crippen LogP contribution in [-0.4, -0.2) is 38.2 Å². The smallest absolute Gasteiger partial charge is 0.303 e. The zero-order valence-electron chi connectivity index (χ0n) is 8.33. The van der Waals surface area contributed by atoms with Crippen LogP contribution in [0.5, 0.6) is 0 Å². The maximum Gasteiger partial charge on any atom is 0.303 e. The molecule has 8 heteroatoms. The van der Waals surface area contributed by atoms with Crippen molar-refractivity contribution in [3.05, 3.63) is 12.4 Å². The molecule has 1 rings (SSSR count). The summed E-state index contributed by atoms with van der Waals surface area (Å²) in [4.78, 5) is 25.4. The van der Waals surface area contributed by atoms with Crippen LogP contribution in [-0.2, 0) is 9.59 Å². The van der Waals surface area contributed by atoms with Gasteiger partial charge in [0.05, 0.1) is 18.4 Å². The molecule has 1 amide bonds. The molecule has 0 aromatic carbocycles. The van der Waals surface area contributed by atoms with E-state index in [0.29, 0.717) is 0 Å². The summed E-state index contributed by atoms with van der Waals surface area (Å²) in [5.74, 6) is -1.49. The third kappa shape index (κ3) is 3.96. The van der Waals surface area contributed by atoms with Gasteiger partial charge in [0.15, 0.2) is 0 Å². The highest BCUT2D eigenvalue weighted by Gasteiger charge is 2.15. The van der Waals surface area contributed by atoms with Crippen LogP contribution in [0.4, 0.5) is 5.95 Å². The molecule has 1 unspecified atom stereocenters. The van der Waals surface area contributed by atoms with Crippen LogP contribution in [0.2, 0.25) is 0 Å². The molecule has 0 aliphatic carbocycles. The number of nitrogens with one attached hydrogen (secondary N) is 1. The predicted octanol–water partition coefficient (Wildman–Crippen LogP) is -0.998. The third-order valence-electron chi connectivity index (χ3n) is 1.72. The normalized spacial score (nSPS) is 11.8. The number of rotatable bonds is 5. The number of nitrogens with two attached hydrogens (primary N) is 1. The van der Waals surface area contributed by atoms with E-state index in [1.54, 1.807) is 0 Å². The zero-order chi connectivity index (χ0) is 12.0. The fourth-order valence-corrected chi connectivity index (χ4v) is 0.918. The van der Waals surface area contributed by atoms with Crippen LogP contribution < -0.4 is 11.1 Å². The Balaban J connectivity index is 2.43. The monoisotopic (exact) mass is 225 g/mol. The number of hydrogen-bond acceptors (Lipinski definition) is 6. The Labute approximate surface area is 90.9 Å². The predicted molar refractivity (Wildman–Crippen MR) is 53.3 cm³/mol. The van der Waals surface area contributed by atoms with Crippen molar-refractivity contribution in [1.29, 1.82) is 0 Å². The molecule has 16 heavy (non-hydrogen) atoms. The molecule has 0 saturated heterocycles. The first-order valence-electron chi connectivity index (χ1n) is 4.51. The average molecular weight is 225 g/mol. The first-order valence-corrected chi connectivity index (χ1v) is 4.51. The number of carbonyl (C=O) groups excluding carboxylic acids is 1. The number of nitrogens with zero attached hydrogens (tertiary/aromatic N) is 3. The van der Waals surface area contributed by atoms with Crippen LogP contribution >= 0.6 is 0 Å². The molecule has 8 nitrogen and oxygen atoms in total. The van der Waals surface area contributed by atoms with E-state index >= 15 is 0 Å². The average Bonchev–Trinajstić information content (AvgIpc) is 2.27. The van der Waals surface area contributed by atoms with Gasteiger partial charge in [-0.05, 0) is 6.42 Å². The minimum absolute atomic E-state index is 0.0401. The van der Waals surface area contributed by atoms with Gasteiger partial charge >= 0.3 is 5.97 Å². The van der Waals surface area contributed by atoms with Gasteiger partial charge in [0.2, 0.25) is 11.9 Å². The number of aromatic nitrogens is 3. The van der Waals surface area contributed by atoms with E-state index in [-0.39, 0.29) is 18.8 Å². The standard InChI is InChI=1S/C8H11N5O3/c9-5(1-2-6(14)15)7(16)12-8-10-3-4-11-13-8/h3-5H,1-2,9H2,(H,14,15)(H,10,12,13,16). The van der Waals surface area contributed by atoms with E-state index in [2.05, 4.69) is 20.5 Å². The molecule has 0 spiro atoms. The van der Waals surface area contributed by atoms with Crippen molar-refractivity contribution in [1.82, 2.24) is 15.2 Å². The van der Waals surface area contributed by atoms with E-state index in [1.165, 1.54) is 12.4 Å². The van der Waals surface area contributed by atoms with Crippen LogP contribution in [0.25, 0.3) is 0 Å². The van der Waals surface area contributed by atoms with Gasteiger partial charge in [-0.3, -0.25) is 14.9 Å². The summed E-state index contributed by atoms with van der Waals surface area (Å²) in [5, 5.41) is 17.8. The molecule has 1 aromatic rings. The highest BCUT2D eigenvalue weighted by atomic mass is 16.4. The van der Waals surface area contributed by atoms with Gasteiger partial charge in [-0.1, -0.05) is 0 Å². The van der Waals surface area contributed by atoms with Crippen molar-refractivity contribution in [2.75, 3.05) is 5.32 Å². The second-order valence-corrected chi connectivity index (χ2v) is 2.99. The lowest BCUT2D eigenvalue weighted by Gasteiger charge is -2.08. The Morgan fingerprint density at radius 1 is 1.50 bits per heavy atom. The van der Waals surface area contributed by atoms with Crippen molar-refractivity contribution in [2.24, 2.45) is 5.73 Å². The summed E-state index contributed by atoms with van der Waals surface area (Å²) in [6.07, 6.45) is 2.62. The van der Waals surface area contributed by atoms with Crippen LogP contribution in [0.1, 0.15) is 12.8 Å². The molecule has 4 N–H and O–H groups in total. The van der Waals surface area contributed by atoms with Crippen molar-refractivity contribution >= 4 is 17.8 Å². The molecule has 1 aromatic heterocycles. The Hall–Kier alpha value is -2.09. The minimum Gasteiger partial charge on any atom is -0.481 e. The van der Waals surface area contributed by atoms with Crippen molar-refractivity contribution < 1.29 is 14.7 Å². The number of carboxylic acid groups (broad SMARTS) is 1. The first-order chi connectivity index (χ1) is 7.59. The molecule has 0 aliphatic heterocycles. The Morgan fingerprint density at radius 3 is 2.81 bits per heavy atom. The summed E-state index contributed by atoms with van der Waals surface area (Å²) >= 11 is 0. The van der Waals surface area contributed by atoms with Gasteiger partial charge in [0, 0.05) is 6.42 Å². The van der Waals surface area contributed by atoms with Crippen molar-refractivity contribution in [3.8, 4) is 0 Å². The van der Waals surface area contributed by atoms with Gasteiger partial charge in [0.25, 0.3) is 0 Å². The number of aliphatic carboxylic acids is 1. The Kier molecular flexibility index (Phi) is 4.28. The zero-order valence-corrected chi connectivity index (χ0v) is 8.33. The fraction of sp³-hybridized carbons (Fsp3) is 0.375. The summed E-state index contributed by atoms with van der Waals surface area (Å²) in [6.45, 7) is 0. The lowest BCUT2D eigenvalue weighted by Crippen LogP contribution is -2.36. The highest BCUT2D eigenvalue weighted by molar-refractivity contribution is 5.93. The molecular formula is C8H11N5O3. The van der Waals surface area contributed by atoms with E-state index < -0.39 is 17.9 Å². The van der Waals surface area contributed by atoms with Crippen molar-refractivity contribution in [3.63, 3.8) is 0 Å². The van der Waals surface area contributed by atoms with E-state index in [0.717, 1.165) is 0 Å². The number of hydrogen-bond donors (Lipinski definition) is 3. The quantitative estimate of drug-likeness (QED) is 0.585. The summed E-state index contributed by atoms with van der Waals surface area (Å²) in [5.41, 5.74) is 5.46. The maximum absolute atomic E-state index is 11.4. The highest BCUT2D eigenvalue weighted by Crippen LogP contribution is 1.99. The molecule has 1 heterocycles. The second-order valence-electron chi connectivity index (χ2n) is 2.99. The van der Waals surface area contributed by atoms with E-state index in [1.807, 2.05) is 0 Å². The number of carbonyl (C=O) groups is 2. The Bertz CT molecular complexity index is 369.